The van der Waals surface area contributed by atoms with Gasteiger partial charge in [0.1, 0.15) is 18.2 Å². The van der Waals surface area contributed by atoms with E-state index in [2.05, 4.69) is 39.8 Å². The van der Waals surface area contributed by atoms with Crippen molar-refractivity contribution in [2.45, 2.75) is 20.0 Å². The van der Waals surface area contributed by atoms with Gasteiger partial charge in [-0.1, -0.05) is 25.1 Å². The van der Waals surface area contributed by atoms with Crippen LogP contribution in [0.5, 0.6) is 5.75 Å². The Morgan fingerprint density at radius 1 is 1.16 bits per heavy atom. The molecule has 0 aliphatic rings. The highest BCUT2D eigenvalue weighted by Crippen LogP contribution is 2.20. The number of para-hydroxylation sites is 1. The Morgan fingerprint density at radius 2 is 2.00 bits per heavy atom. The van der Waals surface area contributed by atoms with Crippen molar-refractivity contribution in [3.8, 4) is 5.75 Å². The van der Waals surface area contributed by atoms with Gasteiger partial charge < -0.3 is 10.1 Å². The second kappa shape index (κ2) is 7.33. The number of anilines is 1. The summed E-state index contributed by atoms with van der Waals surface area (Å²) in [6, 6.07) is 13.9. The molecule has 0 unspecified atom stereocenters. The van der Waals surface area contributed by atoms with Crippen molar-refractivity contribution in [3.63, 3.8) is 0 Å². The fraction of sp³-hybridized carbons (Fsp3) is 0.267. The molecule has 0 radical (unpaired) electrons. The lowest BCUT2D eigenvalue weighted by atomic mass is 10.3. The molecule has 100 valence electrons. The van der Waals surface area contributed by atoms with Crippen molar-refractivity contribution >= 4 is 28.4 Å². The van der Waals surface area contributed by atoms with Crippen LogP contribution < -0.4 is 10.1 Å². The molecule has 1 aromatic heterocycles. The van der Waals surface area contributed by atoms with E-state index in [1.807, 2.05) is 42.5 Å². The Kier molecular flexibility index (Phi) is 5.44. The van der Waals surface area contributed by atoms with E-state index in [-0.39, 0.29) is 0 Å². The number of halogens is 1. The van der Waals surface area contributed by atoms with E-state index >= 15 is 0 Å². The first-order valence-corrected chi connectivity index (χ1v) is 7.44. The average Bonchev–Trinajstić information content (AvgIpc) is 2.45. The normalized spacial score (nSPS) is 10.2. The summed E-state index contributed by atoms with van der Waals surface area (Å²) in [5.41, 5.74) is 0.931. The molecule has 4 heteroatoms. The fourth-order valence-electron chi connectivity index (χ4n) is 1.62. The Labute approximate surface area is 127 Å². The second-order valence-corrected chi connectivity index (χ2v) is 5.32. The van der Waals surface area contributed by atoms with Gasteiger partial charge in [0.2, 0.25) is 0 Å². The summed E-state index contributed by atoms with van der Waals surface area (Å²) >= 11 is 2.27. The summed E-state index contributed by atoms with van der Waals surface area (Å²) < 4.78 is 6.90. The lowest BCUT2D eigenvalue weighted by molar-refractivity contribution is 0.299. The molecular weight excluding hydrogens is 351 g/mol. The molecule has 1 aromatic carbocycles. The third-order valence-electron chi connectivity index (χ3n) is 2.58. The van der Waals surface area contributed by atoms with Gasteiger partial charge in [0.25, 0.3) is 0 Å². The van der Waals surface area contributed by atoms with Gasteiger partial charge in [0, 0.05) is 6.54 Å². The first-order valence-electron chi connectivity index (χ1n) is 6.36. The summed E-state index contributed by atoms with van der Waals surface area (Å²) in [6.07, 6.45) is 1.09. The smallest absolute Gasteiger partial charge is 0.133 e. The zero-order chi connectivity index (χ0) is 13.5. The van der Waals surface area contributed by atoms with Crippen molar-refractivity contribution in [2.24, 2.45) is 0 Å². The average molecular weight is 368 g/mol. The SMILES string of the molecule is CCCNc1cccc(COc2ccccc2I)n1. The minimum Gasteiger partial charge on any atom is -0.486 e. The molecule has 2 aromatic rings. The van der Waals surface area contributed by atoms with Gasteiger partial charge in [-0.05, 0) is 53.3 Å². The molecule has 2 rings (SSSR count). The Morgan fingerprint density at radius 3 is 2.79 bits per heavy atom. The number of rotatable bonds is 6. The van der Waals surface area contributed by atoms with E-state index in [9.17, 15) is 0 Å². The standard InChI is InChI=1S/C15H17IN2O/c1-2-10-17-15-9-5-6-12(18-15)11-19-14-8-4-3-7-13(14)16/h3-9H,2,10-11H2,1H3,(H,17,18). The van der Waals surface area contributed by atoms with Gasteiger partial charge in [0.05, 0.1) is 9.26 Å². The van der Waals surface area contributed by atoms with Crippen LogP contribution in [0.25, 0.3) is 0 Å². The Bertz CT molecular complexity index is 531. The van der Waals surface area contributed by atoms with Crippen LogP contribution in [0.3, 0.4) is 0 Å². The van der Waals surface area contributed by atoms with Crippen molar-refractivity contribution in [2.75, 3.05) is 11.9 Å². The molecule has 0 saturated heterocycles. The number of hydrogen-bond donors (Lipinski definition) is 1. The Hall–Kier alpha value is -1.30. The van der Waals surface area contributed by atoms with Crippen LogP contribution in [0.2, 0.25) is 0 Å². The molecule has 0 amide bonds. The highest BCUT2D eigenvalue weighted by Gasteiger charge is 2.02. The quantitative estimate of drug-likeness (QED) is 0.780. The number of nitrogens with one attached hydrogen (secondary N) is 1. The highest BCUT2D eigenvalue weighted by atomic mass is 127. The maximum Gasteiger partial charge on any atom is 0.133 e. The number of pyridine rings is 1. The molecule has 0 aliphatic carbocycles. The third kappa shape index (κ3) is 4.38. The van der Waals surface area contributed by atoms with Crippen molar-refractivity contribution in [1.29, 1.82) is 0 Å². The van der Waals surface area contributed by atoms with E-state index in [1.54, 1.807) is 0 Å². The van der Waals surface area contributed by atoms with E-state index in [0.717, 1.165) is 33.8 Å². The van der Waals surface area contributed by atoms with E-state index in [1.165, 1.54) is 0 Å². The van der Waals surface area contributed by atoms with Gasteiger partial charge in [-0.15, -0.1) is 0 Å². The van der Waals surface area contributed by atoms with E-state index in [4.69, 9.17) is 4.74 Å². The third-order valence-corrected chi connectivity index (χ3v) is 3.47. The van der Waals surface area contributed by atoms with Crippen molar-refractivity contribution < 1.29 is 4.74 Å². The summed E-state index contributed by atoms with van der Waals surface area (Å²) in [6.45, 7) is 3.56. The predicted molar refractivity (Wildman–Crippen MR) is 86.5 cm³/mol. The number of benzene rings is 1. The van der Waals surface area contributed by atoms with Gasteiger partial charge in [-0.25, -0.2) is 4.98 Å². The van der Waals surface area contributed by atoms with Crippen LogP contribution >= 0.6 is 22.6 Å². The maximum absolute atomic E-state index is 5.78. The topological polar surface area (TPSA) is 34.1 Å². The van der Waals surface area contributed by atoms with Crippen LogP contribution in [0.15, 0.2) is 42.5 Å². The zero-order valence-electron chi connectivity index (χ0n) is 10.9. The first kappa shape index (κ1) is 14.1. The molecule has 0 aliphatic heterocycles. The molecule has 0 bridgehead atoms. The summed E-state index contributed by atoms with van der Waals surface area (Å²) in [4.78, 5) is 4.52. The van der Waals surface area contributed by atoms with Crippen LogP contribution in [-0.4, -0.2) is 11.5 Å². The molecule has 1 N–H and O–H groups in total. The summed E-state index contributed by atoms with van der Waals surface area (Å²) in [5, 5.41) is 3.28. The maximum atomic E-state index is 5.78. The predicted octanol–water partition coefficient (Wildman–Crippen LogP) is 4.09. The van der Waals surface area contributed by atoms with Gasteiger partial charge >= 0.3 is 0 Å². The molecule has 0 fully saturated rings. The van der Waals surface area contributed by atoms with E-state index in [0.29, 0.717) is 6.61 Å². The molecule has 19 heavy (non-hydrogen) atoms. The summed E-state index contributed by atoms with van der Waals surface area (Å²) in [7, 11) is 0. The molecule has 0 spiro atoms. The molecule has 1 heterocycles. The van der Waals surface area contributed by atoms with Gasteiger partial charge in [-0.2, -0.15) is 0 Å². The molecule has 3 nitrogen and oxygen atoms in total. The number of aromatic nitrogens is 1. The highest BCUT2D eigenvalue weighted by molar-refractivity contribution is 14.1. The molecule has 0 saturated carbocycles. The van der Waals surface area contributed by atoms with E-state index < -0.39 is 0 Å². The number of nitrogens with zero attached hydrogens (tertiary/aromatic N) is 1. The van der Waals surface area contributed by atoms with Crippen molar-refractivity contribution in [3.05, 3.63) is 51.7 Å². The number of ether oxygens (including phenoxy) is 1. The number of hydrogen-bond acceptors (Lipinski definition) is 3. The van der Waals surface area contributed by atoms with Gasteiger partial charge in [0.15, 0.2) is 0 Å². The van der Waals surface area contributed by atoms with Crippen molar-refractivity contribution in [1.82, 2.24) is 4.98 Å². The van der Waals surface area contributed by atoms with Crippen LogP contribution in [0.4, 0.5) is 5.82 Å². The summed E-state index contributed by atoms with van der Waals surface area (Å²) in [5.74, 6) is 1.81. The lowest BCUT2D eigenvalue weighted by Gasteiger charge is -2.09. The first-order chi connectivity index (χ1) is 9.29. The molecular formula is C15H17IN2O. The zero-order valence-corrected chi connectivity index (χ0v) is 13.1. The largest absolute Gasteiger partial charge is 0.486 e. The minimum absolute atomic E-state index is 0.488. The van der Waals surface area contributed by atoms with Crippen LogP contribution in [0, 0.1) is 3.57 Å². The molecule has 0 atom stereocenters. The minimum atomic E-state index is 0.488. The van der Waals surface area contributed by atoms with Gasteiger partial charge in [-0.3, -0.25) is 0 Å². The second-order valence-electron chi connectivity index (χ2n) is 4.16. The van der Waals surface area contributed by atoms with Crippen LogP contribution in [0.1, 0.15) is 19.0 Å². The monoisotopic (exact) mass is 368 g/mol. The lowest BCUT2D eigenvalue weighted by Crippen LogP contribution is -2.05. The van der Waals surface area contributed by atoms with Crippen LogP contribution in [-0.2, 0) is 6.61 Å². The fourth-order valence-corrected chi connectivity index (χ4v) is 2.17. The Balaban J connectivity index is 1.98.